The Bertz CT molecular complexity index is 1380. The third kappa shape index (κ3) is 10.5. The van der Waals surface area contributed by atoms with Gasteiger partial charge in [0, 0.05) is 58.1 Å². The third-order valence-electron chi connectivity index (χ3n) is 9.02. The van der Waals surface area contributed by atoms with Crippen molar-refractivity contribution in [3.8, 4) is 5.75 Å². The standard InChI is InChI=1S/C33H46Br2N8O5/c1-37-32(47)39-24-9-16-43(17-10-24)33(48)41-28(20-21-18-25(34)29(44)26(35)19-21)30(45)40-27(4-2-3-11-36)31(46)42-14-7-23(8-15-42)22-5-12-38-13-6-22/h5-6,12-13,18-19,23-24,27-28,44H,2-4,7-11,14-17,20,36H2,1H3,(H,40,45)(H,41,48)(H2,37,39,47)/t27-,28+/m0/s1. The summed E-state index contributed by atoms with van der Waals surface area (Å²) in [4.78, 5) is 60.7. The van der Waals surface area contributed by atoms with Gasteiger partial charge in [-0.3, -0.25) is 14.6 Å². The van der Waals surface area contributed by atoms with Gasteiger partial charge in [0.1, 0.15) is 17.8 Å². The van der Waals surface area contributed by atoms with Gasteiger partial charge in [0.15, 0.2) is 0 Å². The molecule has 7 N–H and O–H groups in total. The van der Waals surface area contributed by atoms with E-state index in [1.807, 2.05) is 17.0 Å². The molecule has 1 aromatic carbocycles. The van der Waals surface area contributed by atoms with Crippen molar-refractivity contribution in [2.24, 2.45) is 5.73 Å². The lowest BCUT2D eigenvalue weighted by atomic mass is 9.89. The minimum absolute atomic E-state index is 0.0234. The van der Waals surface area contributed by atoms with Gasteiger partial charge >= 0.3 is 12.1 Å². The molecular formula is C33H46Br2N8O5. The normalized spacial score (nSPS) is 16.9. The van der Waals surface area contributed by atoms with Crippen molar-refractivity contribution in [2.45, 2.75) is 75.4 Å². The van der Waals surface area contributed by atoms with E-state index in [1.54, 1.807) is 36.5 Å². The number of phenols is 1. The number of carbonyl (C=O) groups excluding carboxylic acids is 4. The molecule has 0 bridgehead atoms. The van der Waals surface area contributed by atoms with Crippen molar-refractivity contribution in [1.29, 1.82) is 0 Å². The first-order chi connectivity index (χ1) is 23.1. The highest BCUT2D eigenvalue weighted by atomic mass is 79.9. The molecule has 48 heavy (non-hydrogen) atoms. The monoisotopic (exact) mass is 792 g/mol. The van der Waals surface area contributed by atoms with Gasteiger partial charge in [-0.15, -0.1) is 0 Å². The second kappa shape index (κ2) is 18.4. The molecule has 13 nitrogen and oxygen atoms in total. The van der Waals surface area contributed by atoms with Crippen LogP contribution in [0, 0.1) is 0 Å². The molecule has 3 heterocycles. The molecule has 4 rings (SSSR count). The van der Waals surface area contributed by atoms with E-state index in [9.17, 15) is 24.3 Å². The minimum atomic E-state index is -1.01. The number of amides is 6. The second-order valence-electron chi connectivity index (χ2n) is 12.3. The number of likely N-dealkylation sites (tertiary alicyclic amines) is 2. The van der Waals surface area contributed by atoms with Crippen LogP contribution >= 0.6 is 31.9 Å². The van der Waals surface area contributed by atoms with Crippen LogP contribution in [-0.4, -0.2) is 102 Å². The topological polar surface area (TPSA) is 182 Å². The summed E-state index contributed by atoms with van der Waals surface area (Å²) in [5.74, 6) is -0.247. The number of aromatic nitrogens is 1. The summed E-state index contributed by atoms with van der Waals surface area (Å²) in [6.07, 6.45) is 8.27. The predicted molar refractivity (Wildman–Crippen MR) is 189 cm³/mol. The van der Waals surface area contributed by atoms with E-state index in [1.165, 1.54) is 5.56 Å². The van der Waals surface area contributed by atoms with E-state index < -0.39 is 24.0 Å². The highest BCUT2D eigenvalue weighted by molar-refractivity contribution is 9.11. The lowest BCUT2D eigenvalue weighted by molar-refractivity contribution is -0.138. The van der Waals surface area contributed by atoms with Gasteiger partial charge in [-0.2, -0.15) is 0 Å². The summed E-state index contributed by atoms with van der Waals surface area (Å²) in [5.41, 5.74) is 7.65. The first-order valence-corrected chi connectivity index (χ1v) is 18.1. The Labute approximate surface area is 298 Å². The lowest BCUT2D eigenvalue weighted by Gasteiger charge is -2.35. The molecule has 2 aliphatic heterocycles. The number of aromatic hydroxyl groups is 1. The molecule has 2 aliphatic rings. The average molecular weight is 795 g/mol. The summed E-state index contributed by atoms with van der Waals surface area (Å²) < 4.78 is 0.876. The summed E-state index contributed by atoms with van der Waals surface area (Å²) >= 11 is 6.70. The van der Waals surface area contributed by atoms with Crippen LogP contribution in [-0.2, 0) is 16.0 Å². The average Bonchev–Trinajstić information content (AvgIpc) is 3.10. The zero-order chi connectivity index (χ0) is 34.6. The molecule has 0 unspecified atom stereocenters. The fraction of sp³-hybridized carbons (Fsp3) is 0.545. The highest BCUT2D eigenvalue weighted by Crippen LogP contribution is 2.34. The molecule has 15 heteroatoms. The Hall–Kier alpha value is -3.43. The molecule has 2 aromatic rings. The molecular weight excluding hydrogens is 748 g/mol. The van der Waals surface area contributed by atoms with Crippen molar-refractivity contribution >= 4 is 55.7 Å². The molecule has 0 radical (unpaired) electrons. The Morgan fingerprint density at radius 1 is 0.938 bits per heavy atom. The number of urea groups is 2. The number of pyridine rings is 1. The minimum Gasteiger partial charge on any atom is -0.506 e. The zero-order valence-electron chi connectivity index (χ0n) is 27.2. The van der Waals surface area contributed by atoms with Crippen molar-refractivity contribution in [1.82, 2.24) is 36.1 Å². The number of halogens is 2. The Balaban J connectivity index is 1.47. The number of nitrogens with zero attached hydrogens (tertiary/aromatic N) is 3. The van der Waals surface area contributed by atoms with Crippen molar-refractivity contribution in [3.63, 3.8) is 0 Å². The van der Waals surface area contributed by atoms with Gasteiger partial charge in [0.2, 0.25) is 11.8 Å². The Morgan fingerprint density at radius 3 is 2.17 bits per heavy atom. The van der Waals surface area contributed by atoms with Crippen LogP contribution < -0.4 is 27.0 Å². The Kier molecular flexibility index (Phi) is 14.3. The van der Waals surface area contributed by atoms with E-state index in [2.05, 4.69) is 58.1 Å². The first kappa shape index (κ1) is 37.4. The van der Waals surface area contributed by atoms with Gasteiger partial charge in [0.25, 0.3) is 0 Å². The second-order valence-corrected chi connectivity index (χ2v) is 14.0. The summed E-state index contributed by atoms with van der Waals surface area (Å²) in [5, 5.41) is 21.5. The third-order valence-corrected chi connectivity index (χ3v) is 10.2. The number of benzene rings is 1. The molecule has 0 spiro atoms. The summed E-state index contributed by atoms with van der Waals surface area (Å²) in [6.45, 7) is 2.44. The first-order valence-electron chi connectivity index (χ1n) is 16.5. The number of unbranched alkanes of at least 4 members (excludes halogenated alkanes) is 1. The van der Waals surface area contributed by atoms with Crippen molar-refractivity contribution in [3.05, 3.63) is 56.7 Å². The van der Waals surface area contributed by atoms with E-state index in [0.717, 1.165) is 12.8 Å². The lowest BCUT2D eigenvalue weighted by Crippen LogP contribution is -2.58. The van der Waals surface area contributed by atoms with E-state index in [0.29, 0.717) is 85.3 Å². The van der Waals surface area contributed by atoms with Gasteiger partial charge in [-0.25, -0.2) is 9.59 Å². The predicted octanol–water partition coefficient (Wildman–Crippen LogP) is 3.35. The number of rotatable bonds is 12. The smallest absolute Gasteiger partial charge is 0.318 e. The maximum Gasteiger partial charge on any atom is 0.318 e. The zero-order valence-corrected chi connectivity index (χ0v) is 30.4. The van der Waals surface area contributed by atoms with Crippen LogP contribution in [0.25, 0.3) is 0 Å². The van der Waals surface area contributed by atoms with Crippen LogP contribution in [0.15, 0.2) is 45.6 Å². The molecule has 262 valence electrons. The van der Waals surface area contributed by atoms with Crippen LogP contribution in [0.1, 0.15) is 62.0 Å². The number of phenolic OH excluding ortho intramolecular Hbond substituents is 1. The van der Waals surface area contributed by atoms with E-state index >= 15 is 0 Å². The molecule has 2 fully saturated rings. The van der Waals surface area contributed by atoms with Crippen LogP contribution in [0.4, 0.5) is 9.59 Å². The quantitative estimate of drug-likeness (QED) is 0.178. The SMILES string of the molecule is CNC(=O)NC1CCN(C(=O)N[C@H](Cc2cc(Br)c(O)c(Br)c2)C(=O)N[C@@H](CCCCN)C(=O)N2CCC(c3ccncc3)CC2)CC1. The maximum atomic E-state index is 14.0. The van der Waals surface area contributed by atoms with Gasteiger partial charge in [-0.05, 0) is 125 Å². The van der Waals surface area contributed by atoms with Crippen LogP contribution in [0.5, 0.6) is 5.75 Å². The number of piperidine rings is 2. The van der Waals surface area contributed by atoms with Crippen molar-refractivity contribution in [2.75, 3.05) is 39.8 Å². The van der Waals surface area contributed by atoms with Gasteiger partial charge in [-0.1, -0.05) is 0 Å². The summed E-state index contributed by atoms with van der Waals surface area (Å²) in [6, 6.07) is 4.90. The Morgan fingerprint density at radius 2 is 1.56 bits per heavy atom. The number of nitrogens with one attached hydrogen (secondary N) is 4. The molecule has 2 saturated heterocycles. The molecule has 0 saturated carbocycles. The molecule has 1 aromatic heterocycles. The van der Waals surface area contributed by atoms with E-state index in [-0.39, 0.29) is 30.2 Å². The highest BCUT2D eigenvalue weighted by Gasteiger charge is 2.33. The number of carbonyl (C=O) groups is 4. The maximum absolute atomic E-state index is 14.0. The molecule has 6 amide bonds. The number of hydrogen-bond donors (Lipinski definition) is 6. The van der Waals surface area contributed by atoms with Gasteiger partial charge in [0.05, 0.1) is 8.95 Å². The van der Waals surface area contributed by atoms with Crippen LogP contribution in [0.3, 0.4) is 0 Å². The number of nitrogens with two attached hydrogens (primary N) is 1. The van der Waals surface area contributed by atoms with Crippen molar-refractivity contribution < 1.29 is 24.3 Å². The largest absolute Gasteiger partial charge is 0.506 e. The molecule has 0 aliphatic carbocycles. The molecule has 2 atom stereocenters. The van der Waals surface area contributed by atoms with Crippen LogP contribution in [0.2, 0.25) is 0 Å². The fourth-order valence-corrected chi connectivity index (χ4v) is 7.50. The van der Waals surface area contributed by atoms with Gasteiger partial charge < -0.3 is 41.9 Å². The van der Waals surface area contributed by atoms with E-state index in [4.69, 9.17) is 5.73 Å². The summed E-state index contributed by atoms with van der Waals surface area (Å²) in [7, 11) is 1.55. The fourth-order valence-electron chi connectivity index (χ4n) is 6.22. The number of hydrogen-bond acceptors (Lipinski definition) is 7.